The van der Waals surface area contributed by atoms with E-state index in [1.807, 2.05) is 19.9 Å². The van der Waals surface area contributed by atoms with Gasteiger partial charge in [-0.15, -0.1) is 22.0 Å². The lowest BCUT2D eigenvalue weighted by atomic mass is 10.3. The first-order valence-electron chi connectivity index (χ1n) is 9.39. The molecule has 1 heterocycles. The second-order valence-electron chi connectivity index (χ2n) is 6.08. The highest BCUT2D eigenvalue weighted by atomic mass is 32.2. The minimum absolute atomic E-state index is 0.000508. The first-order chi connectivity index (χ1) is 14.8. The molecule has 1 aromatic carbocycles. The number of para-hydroxylation sites is 1. The van der Waals surface area contributed by atoms with Crippen LogP contribution in [0.1, 0.15) is 13.8 Å². The van der Waals surface area contributed by atoms with Crippen molar-refractivity contribution in [2.45, 2.75) is 29.1 Å². The summed E-state index contributed by atoms with van der Waals surface area (Å²) in [7, 11) is 0. The van der Waals surface area contributed by atoms with Gasteiger partial charge in [0.2, 0.25) is 28.0 Å². The number of primary amides is 1. The number of nitrogen functional groups attached to an aromatic ring is 1. The first-order valence-corrected chi connectivity index (χ1v) is 12.3. The fourth-order valence-corrected chi connectivity index (χ4v) is 4.64. The van der Waals surface area contributed by atoms with E-state index in [0.29, 0.717) is 29.1 Å². The third-order valence-electron chi connectivity index (χ3n) is 3.94. The molecule has 0 saturated carbocycles. The molecule has 0 aliphatic carbocycles. The number of nitrogens with zero attached hydrogens (tertiary/aromatic N) is 4. The van der Waals surface area contributed by atoms with Crippen LogP contribution in [-0.4, -0.2) is 67.8 Å². The van der Waals surface area contributed by atoms with Gasteiger partial charge in [0.1, 0.15) is 0 Å². The minimum atomic E-state index is -0.434. The first kappa shape index (κ1) is 24.9. The number of thioether (sulfide) groups is 3. The van der Waals surface area contributed by atoms with E-state index in [9.17, 15) is 14.4 Å². The number of amides is 3. The number of benzene rings is 1. The lowest BCUT2D eigenvalue weighted by molar-refractivity contribution is -0.128. The summed E-state index contributed by atoms with van der Waals surface area (Å²) in [5.41, 5.74) is 5.78. The number of nitrogens with one attached hydrogen (secondary N) is 1. The van der Waals surface area contributed by atoms with E-state index in [4.69, 9.17) is 11.6 Å². The average Bonchev–Trinajstić information content (AvgIpc) is 3.10. The van der Waals surface area contributed by atoms with Crippen molar-refractivity contribution in [3.8, 4) is 0 Å². The van der Waals surface area contributed by atoms with Gasteiger partial charge >= 0.3 is 0 Å². The Bertz CT molecular complexity index is 919. The van der Waals surface area contributed by atoms with Crippen LogP contribution >= 0.6 is 35.3 Å². The fourth-order valence-electron chi connectivity index (χ4n) is 2.42. The summed E-state index contributed by atoms with van der Waals surface area (Å²) in [6.07, 6.45) is 0. The lowest BCUT2D eigenvalue weighted by Crippen LogP contribution is -2.32. The minimum Gasteiger partial charge on any atom is -0.369 e. The molecule has 3 amide bonds. The molecule has 0 aliphatic heterocycles. The third-order valence-corrected chi connectivity index (χ3v) is 6.90. The van der Waals surface area contributed by atoms with Crippen LogP contribution in [0, 0.1) is 0 Å². The van der Waals surface area contributed by atoms with Crippen molar-refractivity contribution >= 4 is 58.7 Å². The van der Waals surface area contributed by atoms with Crippen LogP contribution in [0.5, 0.6) is 0 Å². The molecule has 0 bridgehead atoms. The summed E-state index contributed by atoms with van der Waals surface area (Å²) in [4.78, 5) is 38.0. The van der Waals surface area contributed by atoms with Gasteiger partial charge in [-0.1, -0.05) is 35.7 Å². The zero-order valence-corrected chi connectivity index (χ0v) is 19.7. The summed E-state index contributed by atoms with van der Waals surface area (Å²) in [6, 6.07) is 7.15. The number of nitrogens with two attached hydrogens (primary N) is 2. The molecule has 2 rings (SSSR count). The molecule has 0 radical (unpaired) electrons. The Morgan fingerprint density at radius 1 is 1.00 bits per heavy atom. The Labute approximate surface area is 193 Å². The van der Waals surface area contributed by atoms with E-state index in [-0.39, 0.29) is 29.1 Å². The molecule has 0 unspecified atom stereocenters. The van der Waals surface area contributed by atoms with Gasteiger partial charge in [-0.3, -0.25) is 14.4 Å². The van der Waals surface area contributed by atoms with Gasteiger partial charge in [0.05, 0.1) is 22.9 Å². The Morgan fingerprint density at radius 2 is 1.61 bits per heavy atom. The highest BCUT2D eigenvalue weighted by Gasteiger charge is 2.16. The molecule has 2 aromatic rings. The molecule has 0 atom stereocenters. The zero-order valence-electron chi connectivity index (χ0n) is 17.2. The highest BCUT2D eigenvalue weighted by Crippen LogP contribution is 2.27. The fraction of sp³-hybridized carbons (Fsp3) is 0.389. The molecule has 0 aliphatic rings. The number of rotatable bonds is 12. The monoisotopic (exact) mass is 483 g/mol. The molecule has 168 valence electrons. The average molecular weight is 484 g/mol. The Balaban J connectivity index is 1.89. The zero-order chi connectivity index (χ0) is 22.8. The van der Waals surface area contributed by atoms with Gasteiger partial charge in [0, 0.05) is 18.0 Å². The molecule has 10 nitrogen and oxygen atoms in total. The normalized spacial score (nSPS) is 10.6. The Hall–Kier alpha value is -2.38. The number of anilines is 1. The quantitative estimate of drug-likeness (QED) is 0.299. The Morgan fingerprint density at radius 3 is 2.23 bits per heavy atom. The van der Waals surface area contributed by atoms with Crippen molar-refractivity contribution < 1.29 is 14.4 Å². The molecule has 31 heavy (non-hydrogen) atoms. The maximum absolute atomic E-state index is 12.4. The van der Waals surface area contributed by atoms with Gasteiger partial charge in [-0.05, 0) is 26.0 Å². The van der Waals surface area contributed by atoms with Crippen molar-refractivity contribution in [3.63, 3.8) is 0 Å². The van der Waals surface area contributed by atoms with Gasteiger partial charge in [-0.2, -0.15) is 0 Å². The number of aromatic nitrogens is 3. The van der Waals surface area contributed by atoms with Crippen molar-refractivity contribution in [1.29, 1.82) is 0 Å². The molecule has 1 aromatic heterocycles. The van der Waals surface area contributed by atoms with Crippen molar-refractivity contribution in [1.82, 2.24) is 19.8 Å². The van der Waals surface area contributed by atoms with Crippen LogP contribution in [0.15, 0.2) is 39.5 Å². The largest absolute Gasteiger partial charge is 0.369 e. The van der Waals surface area contributed by atoms with Gasteiger partial charge in [-0.25, -0.2) is 4.68 Å². The van der Waals surface area contributed by atoms with Crippen LogP contribution < -0.4 is 16.9 Å². The van der Waals surface area contributed by atoms with Crippen LogP contribution in [0.25, 0.3) is 0 Å². The highest BCUT2D eigenvalue weighted by molar-refractivity contribution is 8.00. The second-order valence-corrected chi connectivity index (χ2v) is 8.98. The second kappa shape index (κ2) is 12.5. The van der Waals surface area contributed by atoms with E-state index in [2.05, 4.69) is 15.5 Å². The van der Waals surface area contributed by atoms with E-state index in [0.717, 1.165) is 16.7 Å². The summed E-state index contributed by atoms with van der Waals surface area (Å²) in [5.74, 6) is 5.71. The van der Waals surface area contributed by atoms with Crippen LogP contribution in [-0.2, 0) is 14.4 Å². The standard InChI is InChI=1S/C18H25N7O3S3/c1-3-24(4-2)16(28)11-31-18-23-22-17(25(18)20)30-10-15(27)21-12-7-5-6-8-13(12)29-9-14(19)26/h5-8H,3-4,9-11,20H2,1-2H3,(H2,19,26)(H,21,27). The van der Waals surface area contributed by atoms with Crippen LogP contribution in [0.3, 0.4) is 0 Å². The Kier molecular flexibility index (Phi) is 10.0. The number of hydrogen-bond acceptors (Lipinski definition) is 9. The maximum Gasteiger partial charge on any atom is 0.234 e. The molecular formula is C18H25N7O3S3. The number of carbonyl (C=O) groups is 3. The summed E-state index contributed by atoms with van der Waals surface area (Å²) in [5, 5.41) is 11.6. The topological polar surface area (TPSA) is 149 Å². The van der Waals surface area contributed by atoms with Crippen LogP contribution in [0.2, 0.25) is 0 Å². The number of carbonyl (C=O) groups excluding carboxylic acids is 3. The molecule has 13 heteroatoms. The molecule has 5 N–H and O–H groups in total. The van der Waals surface area contributed by atoms with Crippen molar-refractivity contribution in [2.75, 3.05) is 41.5 Å². The summed E-state index contributed by atoms with van der Waals surface area (Å²) >= 11 is 3.59. The van der Waals surface area contributed by atoms with E-state index in [1.54, 1.807) is 23.1 Å². The van der Waals surface area contributed by atoms with Crippen LogP contribution in [0.4, 0.5) is 5.69 Å². The van der Waals surface area contributed by atoms with Crippen molar-refractivity contribution in [3.05, 3.63) is 24.3 Å². The smallest absolute Gasteiger partial charge is 0.234 e. The van der Waals surface area contributed by atoms with E-state index >= 15 is 0 Å². The summed E-state index contributed by atoms with van der Waals surface area (Å²) in [6.45, 7) is 5.13. The predicted octanol–water partition coefficient (Wildman–Crippen LogP) is 1.26. The van der Waals surface area contributed by atoms with Gasteiger partial charge in [0.25, 0.3) is 0 Å². The van der Waals surface area contributed by atoms with E-state index < -0.39 is 5.91 Å². The third kappa shape index (κ3) is 7.67. The lowest BCUT2D eigenvalue weighted by Gasteiger charge is -2.17. The van der Waals surface area contributed by atoms with Crippen molar-refractivity contribution in [2.24, 2.45) is 5.73 Å². The predicted molar refractivity (Wildman–Crippen MR) is 125 cm³/mol. The molecule has 0 saturated heterocycles. The molecular weight excluding hydrogens is 458 g/mol. The van der Waals surface area contributed by atoms with E-state index in [1.165, 1.54) is 28.2 Å². The maximum atomic E-state index is 12.4. The van der Waals surface area contributed by atoms with Gasteiger partial charge in [0.15, 0.2) is 0 Å². The number of hydrogen-bond donors (Lipinski definition) is 3. The van der Waals surface area contributed by atoms with Gasteiger partial charge < -0.3 is 21.8 Å². The summed E-state index contributed by atoms with van der Waals surface area (Å²) < 4.78 is 1.27. The molecule has 0 spiro atoms. The SMILES string of the molecule is CCN(CC)C(=O)CSc1nnc(SCC(=O)Nc2ccccc2SCC(N)=O)n1N. The molecule has 0 fully saturated rings.